The molecule has 4 N–H and O–H groups in total. The second kappa shape index (κ2) is 27.0. The van der Waals surface area contributed by atoms with Gasteiger partial charge in [0.05, 0.1) is 49.5 Å². The molecule has 13 heteroatoms. The van der Waals surface area contributed by atoms with E-state index < -0.39 is 57.6 Å². The summed E-state index contributed by atoms with van der Waals surface area (Å²) in [6.07, 6.45) is 2.18. The molecule has 2 aliphatic heterocycles. The van der Waals surface area contributed by atoms with Crippen LogP contribution < -0.4 is 10.6 Å². The van der Waals surface area contributed by atoms with E-state index >= 15 is 0 Å². The molecule has 0 saturated carbocycles. The minimum Gasteiger partial charge on any atom is -0.462 e. The van der Waals surface area contributed by atoms with Crippen molar-refractivity contribution in [3.8, 4) is 11.1 Å². The maximum Gasteiger partial charge on any atom is 2.00 e. The Balaban J connectivity index is 0.000000307. The van der Waals surface area contributed by atoms with Crippen molar-refractivity contribution in [2.45, 2.75) is 107 Å². The molecule has 0 atom stereocenters. The molecule has 6 aromatic rings. The number of benzene rings is 6. The summed E-state index contributed by atoms with van der Waals surface area (Å²) >= 11 is 0. The fourth-order valence-electron chi connectivity index (χ4n) is 9.06. The molecule has 0 radical (unpaired) electrons. The molecular weight excluding hydrogens is 1050 g/mol. The number of hydrogen-bond donors (Lipinski definition) is 0. The van der Waals surface area contributed by atoms with Gasteiger partial charge in [-0.1, -0.05) is 72.8 Å². The van der Waals surface area contributed by atoms with Crippen LogP contribution in [0.1, 0.15) is 93.0 Å². The fourth-order valence-corrected chi connectivity index (χ4v) is 11.4. The normalized spacial score (nSPS) is 12.7. The van der Waals surface area contributed by atoms with Gasteiger partial charge in [0.25, 0.3) is 0 Å². The van der Waals surface area contributed by atoms with Crippen LogP contribution in [0.5, 0.6) is 0 Å². The second-order valence-corrected chi connectivity index (χ2v) is 25.7. The zero-order valence-corrected chi connectivity index (χ0v) is 49.1. The molecule has 0 unspecified atom stereocenters. The van der Waals surface area contributed by atoms with Crippen molar-refractivity contribution in [3.05, 3.63) is 142 Å². The van der Waals surface area contributed by atoms with E-state index in [9.17, 15) is 14.4 Å². The number of hydrogen-bond acceptors (Lipinski definition) is 7. The smallest absolute Gasteiger partial charge is 0.462 e. The van der Waals surface area contributed by atoms with E-state index in [-0.39, 0.29) is 43.6 Å². The molecule has 392 valence electrons. The van der Waals surface area contributed by atoms with Crippen LogP contribution in [0.4, 0.5) is 4.79 Å². The Labute approximate surface area is 450 Å². The van der Waals surface area contributed by atoms with Gasteiger partial charge in [0, 0.05) is 51.7 Å². The molecular formula is C60H79N2O8P2Pd+5. The number of rotatable bonds is 8. The molecule has 0 aromatic heterocycles. The number of aryl methyl sites for hydroxylation is 4. The van der Waals surface area contributed by atoms with Crippen LogP contribution in [0.15, 0.2) is 102 Å². The molecule has 8 rings (SSSR count). The maximum atomic E-state index is 13.2. The van der Waals surface area contributed by atoms with Gasteiger partial charge in [0.1, 0.15) is 5.60 Å². The molecule has 0 aliphatic carbocycles. The Morgan fingerprint density at radius 2 is 1.07 bits per heavy atom. The first-order valence-corrected chi connectivity index (χ1v) is 29.7. The van der Waals surface area contributed by atoms with Crippen molar-refractivity contribution in [3.63, 3.8) is 0 Å². The van der Waals surface area contributed by atoms with E-state index in [1.165, 1.54) is 59.5 Å². The van der Waals surface area contributed by atoms with Crippen LogP contribution in [0.25, 0.3) is 32.7 Å². The third-order valence-corrected chi connectivity index (χ3v) is 15.6. The van der Waals surface area contributed by atoms with Gasteiger partial charge in [-0.05, 0) is 167 Å². The molecule has 1 amide bonds. The first-order chi connectivity index (χ1) is 33.1. The summed E-state index contributed by atoms with van der Waals surface area (Å²) in [6, 6.07) is 35.6. The first-order valence-electron chi connectivity index (χ1n) is 24.7. The summed E-state index contributed by atoms with van der Waals surface area (Å²) in [6.45, 7) is 31.3. The van der Waals surface area contributed by atoms with E-state index in [0.717, 1.165) is 29.7 Å². The fraction of sp³-hybridized carbons (Fsp3) is 0.383. The average molecular weight is 1120 g/mol. The summed E-state index contributed by atoms with van der Waals surface area (Å²) in [5.74, 6) is -2.91. The number of esters is 2. The zero-order valence-electron chi connectivity index (χ0n) is 45.5. The number of fused-ring (bicyclic) bond motifs is 4. The number of aliphatic imine (C=N–C) groups is 1. The molecule has 0 fully saturated rings. The Hall–Kier alpha value is -4.97. The number of amides is 1. The van der Waals surface area contributed by atoms with Gasteiger partial charge >= 0.3 is 38.5 Å². The average Bonchev–Trinajstić information content (AvgIpc) is 3.28. The van der Waals surface area contributed by atoms with E-state index in [1.54, 1.807) is 59.1 Å². The molecule has 0 bridgehead atoms. The Bertz CT molecular complexity index is 2880. The summed E-state index contributed by atoms with van der Waals surface area (Å²) in [5, 5.41) is 8.59. The molecule has 2 heterocycles. The van der Waals surface area contributed by atoms with Crippen LogP contribution >= 0.6 is 15.8 Å². The molecule has 6 aromatic carbocycles. The molecule has 2 aliphatic rings. The number of carbonyl (C=O) groups excluding carboxylic acids is 3. The van der Waals surface area contributed by atoms with Crippen molar-refractivity contribution in [2.75, 3.05) is 39.7 Å². The van der Waals surface area contributed by atoms with Gasteiger partial charge in [-0.3, -0.25) is 14.6 Å². The summed E-state index contributed by atoms with van der Waals surface area (Å²) in [5.41, 5.74) is 11.7. The largest absolute Gasteiger partial charge is 2.00 e. The van der Waals surface area contributed by atoms with Gasteiger partial charge in [0.15, 0.2) is 6.54 Å². The van der Waals surface area contributed by atoms with Gasteiger partial charge in [0.2, 0.25) is 11.6 Å². The van der Waals surface area contributed by atoms with Crippen molar-refractivity contribution in [2.24, 2.45) is 10.9 Å². The topological polar surface area (TPSA) is 157 Å². The summed E-state index contributed by atoms with van der Waals surface area (Å²) in [4.78, 5) is 43.8. The molecule has 73 heavy (non-hydrogen) atoms. The third-order valence-electron chi connectivity index (χ3n) is 12.6. The van der Waals surface area contributed by atoms with Gasteiger partial charge in [-0.2, -0.15) is 4.79 Å². The van der Waals surface area contributed by atoms with E-state index in [0.29, 0.717) is 12.0 Å². The predicted molar refractivity (Wildman–Crippen MR) is 307 cm³/mol. The second-order valence-electron chi connectivity index (χ2n) is 20.6. The number of carbonyl (C=O) groups is 3. The number of nitrogens with zero attached hydrogens (tertiary/aromatic N) is 2. The molecule has 0 saturated heterocycles. The van der Waals surface area contributed by atoms with Gasteiger partial charge in [-0.15, -0.1) is 4.58 Å². The van der Waals surface area contributed by atoms with Crippen LogP contribution in [0.2, 0.25) is 0 Å². The summed E-state index contributed by atoms with van der Waals surface area (Å²) < 4.78 is 17.8. The Morgan fingerprint density at radius 3 is 1.53 bits per heavy atom. The summed E-state index contributed by atoms with van der Waals surface area (Å²) in [7, 11) is -1.16. The Kier molecular flexibility index (Phi) is 23.1. The van der Waals surface area contributed by atoms with Crippen LogP contribution in [-0.4, -0.2) is 103 Å². The zero-order chi connectivity index (χ0) is 51.2. The quantitative estimate of drug-likeness (QED) is 0.0369. The Morgan fingerprint density at radius 1 is 0.616 bits per heavy atom. The van der Waals surface area contributed by atoms with Crippen LogP contribution in [0.3, 0.4) is 0 Å². The SMILES string of the molecule is C[PH+](C)c1ccc2ccccc2c1-c1c([PH+](C)C)ccc2ccccc12.Cc1cc2c(cc1C)C(C(C(=O)OC(C)C)C(=O)OC(C)C)=[N+](C(=O)OC(C)(C)C)CC2.Cc1cc2c(cc1C)CCN=C2.O.O.[Pd+2]. The monoisotopic (exact) mass is 1120 g/mol. The van der Waals surface area contributed by atoms with Gasteiger partial charge < -0.3 is 25.2 Å². The van der Waals surface area contributed by atoms with Crippen molar-refractivity contribution in [1.29, 1.82) is 0 Å². The van der Waals surface area contributed by atoms with E-state index in [4.69, 9.17) is 14.2 Å². The standard InChI is InChI=1S/C25H36NO6.C24H24P2.C11H13N.2H2O.Pd/c1-14(2)30-22(27)20(23(28)31-15(3)4)21-19-13-17(6)16(5)12-18(19)10-11-26(21)24(29)32-25(7,8)9;1-25(2)21-15-13-17-9-5-7-11-19(17)23(21)24-20-12-8-6-10-18(20)14-16-22(24)26(3)4;1-8-5-10-3-4-12-7-11(10)6-9(8)2;;;/h12-15,20H,10-11H2,1-9H3;5-16H,1-4H3;5-7H,3-4H2,1-2H3;2*1H2;/q+1;;;;;+2/p+2. The van der Waals surface area contributed by atoms with Crippen LogP contribution in [-0.2, 0) is 57.1 Å². The van der Waals surface area contributed by atoms with E-state index in [2.05, 4.69) is 130 Å². The third kappa shape index (κ3) is 15.3. The minimum atomic E-state index is -1.41. The molecule has 0 spiro atoms. The molecule has 10 nitrogen and oxygen atoms in total. The minimum absolute atomic E-state index is 0. The van der Waals surface area contributed by atoms with Crippen molar-refractivity contribution in [1.82, 2.24) is 0 Å². The number of ether oxygens (including phenoxy) is 3. The van der Waals surface area contributed by atoms with E-state index in [1.807, 2.05) is 32.2 Å². The van der Waals surface area contributed by atoms with Gasteiger partial charge in [-0.25, -0.2) is 0 Å². The first kappa shape index (κ1) is 62.3. The van der Waals surface area contributed by atoms with Crippen molar-refractivity contribution >= 4 is 78.0 Å². The van der Waals surface area contributed by atoms with Crippen molar-refractivity contribution < 1.29 is 64.5 Å². The van der Waals surface area contributed by atoms with Crippen LogP contribution in [0, 0.1) is 33.6 Å². The predicted octanol–water partition coefficient (Wildman–Crippen LogP) is 10.6. The maximum absolute atomic E-state index is 13.2.